The van der Waals surface area contributed by atoms with Gasteiger partial charge in [-0.3, -0.25) is 0 Å². The molecule has 2 rings (SSSR count). The molecule has 0 unspecified atom stereocenters. The van der Waals surface area contributed by atoms with Crippen molar-refractivity contribution in [3.63, 3.8) is 0 Å². The second kappa shape index (κ2) is 3.87. The maximum Gasteiger partial charge on any atom is 0.134 e. The van der Waals surface area contributed by atoms with Crippen LogP contribution in [0.1, 0.15) is 30.9 Å². The van der Waals surface area contributed by atoms with Crippen molar-refractivity contribution in [3.05, 3.63) is 35.6 Å². The van der Waals surface area contributed by atoms with E-state index in [2.05, 4.69) is 32.0 Å². The maximum absolute atomic E-state index is 5.41. The lowest BCUT2D eigenvalue weighted by atomic mass is 10.1. The first-order chi connectivity index (χ1) is 6.81. The van der Waals surface area contributed by atoms with Crippen LogP contribution in [0.25, 0.3) is 11.0 Å². The molecule has 1 aromatic heterocycles. The monoisotopic (exact) mass is 188 g/mol. The van der Waals surface area contributed by atoms with Crippen molar-refractivity contribution >= 4 is 11.0 Å². The van der Waals surface area contributed by atoms with Crippen LogP contribution in [0.15, 0.2) is 28.9 Å². The number of furan rings is 1. The molecule has 0 aliphatic heterocycles. The molecule has 0 N–H and O–H groups in total. The van der Waals surface area contributed by atoms with Crippen LogP contribution in [-0.2, 0) is 6.42 Å². The number of hydrogen-bond donors (Lipinski definition) is 0. The van der Waals surface area contributed by atoms with Gasteiger partial charge in [-0.05, 0) is 43.0 Å². The number of unbranched alkanes of at least 4 members (excludes halogenated alkanes) is 1. The fourth-order valence-electron chi connectivity index (χ4n) is 1.74. The molecule has 0 bridgehead atoms. The highest BCUT2D eigenvalue weighted by molar-refractivity contribution is 5.81. The summed E-state index contributed by atoms with van der Waals surface area (Å²) in [5, 5.41) is 1.26. The van der Waals surface area contributed by atoms with Gasteiger partial charge in [0.05, 0.1) is 6.26 Å². The summed E-state index contributed by atoms with van der Waals surface area (Å²) < 4.78 is 5.41. The maximum atomic E-state index is 5.41. The Balaban J connectivity index is 2.34. The van der Waals surface area contributed by atoms with Gasteiger partial charge in [0.25, 0.3) is 0 Å². The van der Waals surface area contributed by atoms with E-state index in [1.165, 1.54) is 35.8 Å². The van der Waals surface area contributed by atoms with Gasteiger partial charge in [0.2, 0.25) is 0 Å². The standard InChI is InChI=1S/C13H16O/c1-3-4-5-11-6-7-13-12(8-11)10(2)9-14-13/h6-9H,3-5H2,1-2H3. The van der Waals surface area contributed by atoms with Crippen LogP contribution in [0.3, 0.4) is 0 Å². The van der Waals surface area contributed by atoms with E-state index in [9.17, 15) is 0 Å². The van der Waals surface area contributed by atoms with Gasteiger partial charge >= 0.3 is 0 Å². The van der Waals surface area contributed by atoms with E-state index >= 15 is 0 Å². The number of rotatable bonds is 3. The van der Waals surface area contributed by atoms with Crippen molar-refractivity contribution in [2.45, 2.75) is 33.1 Å². The quantitative estimate of drug-likeness (QED) is 0.707. The van der Waals surface area contributed by atoms with E-state index in [0.29, 0.717) is 0 Å². The lowest BCUT2D eigenvalue weighted by Crippen LogP contribution is -1.83. The Hall–Kier alpha value is -1.24. The molecule has 0 aliphatic carbocycles. The minimum absolute atomic E-state index is 1.00. The summed E-state index contributed by atoms with van der Waals surface area (Å²) in [4.78, 5) is 0. The van der Waals surface area contributed by atoms with Gasteiger partial charge in [-0.2, -0.15) is 0 Å². The van der Waals surface area contributed by atoms with Crippen molar-refractivity contribution in [2.75, 3.05) is 0 Å². The van der Waals surface area contributed by atoms with Crippen LogP contribution < -0.4 is 0 Å². The first-order valence-corrected chi connectivity index (χ1v) is 5.28. The molecule has 1 heteroatoms. The van der Waals surface area contributed by atoms with Gasteiger partial charge < -0.3 is 4.42 Å². The van der Waals surface area contributed by atoms with Crippen molar-refractivity contribution in [1.29, 1.82) is 0 Å². The molecular formula is C13H16O. The summed E-state index contributed by atoms with van der Waals surface area (Å²) in [6.45, 7) is 4.32. The van der Waals surface area contributed by atoms with E-state index in [-0.39, 0.29) is 0 Å². The predicted octanol–water partition coefficient (Wildman–Crippen LogP) is 4.08. The Morgan fingerprint density at radius 1 is 1.29 bits per heavy atom. The number of aryl methyl sites for hydroxylation is 2. The van der Waals surface area contributed by atoms with Gasteiger partial charge in [0.15, 0.2) is 0 Å². The highest BCUT2D eigenvalue weighted by atomic mass is 16.3. The lowest BCUT2D eigenvalue weighted by Gasteiger charge is -1.99. The third-order valence-corrected chi connectivity index (χ3v) is 2.65. The van der Waals surface area contributed by atoms with Crippen LogP contribution >= 0.6 is 0 Å². The minimum atomic E-state index is 1.00. The molecule has 0 amide bonds. The molecule has 0 atom stereocenters. The molecule has 0 radical (unpaired) electrons. The topological polar surface area (TPSA) is 13.1 Å². The largest absolute Gasteiger partial charge is 0.464 e. The zero-order valence-electron chi connectivity index (χ0n) is 8.84. The first kappa shape index (κ1) is 9.32. The molecule has 74 valence electrons. The summed E-state index contributed by atoms with van der Waals surface area (Å²) in [6, 6.07) is 6.50. The molecule has 1 nitrogen and oxygen atoms in total. The van der Waals surface area contributed by atoms with Crippen LogP contribution in [0, 0.1) is 6.92 Å². The van der Waals surface area contributed by atoms with E-state index in [0.717, 1.165) is 5.58 Å². The van der Waals surface area contributed by atoms with Gasteiger partial charge in [-0.1, -0.05) is 19.4 Å². The van der Waals surface area contributed by atoms with Gasteiger partial charge in [-0.15, -0.1) is 0 Å². The SMILES string of the molecule is CCCCc1ccc2occ(C)c2c1. The smallest absolute Gasteiger partial charge is 0.134 e. The molecule has 1 aromatic carbocycles. The van der Waals surface area contributed by atoms with E-state index in [1.807, 2.05) is 6.26 Å². The van der Waals surface area contributed by atoms with E-state index in [4.69, 9.17) is 4.42 Å². The Morgan fingerprint density at radius 2 is 2.14 bits per heavy atom. The zero-order valence-corrected chi connectivity index (χ0v) is 8.84. The Kier molecular flexibility index (Phi) is 2.58. The molecule has 1 heterocycles. The molecule has 14 heavy (non-hydrogen) atoms. The van der Waals surface area contributed by atoms with Crippen molar-refractivity contribution in [1.82, 2.24) is 0 Å². The van der Waals surface area contributed by atoms with Gasteiger partial charge in [-0.25, -0.2) is 0 Å². The summed E-state index contributed by atoms with van der Waals surface area (Å²) in [5.74, 6) is 0. The molecule has 0 saturated carbocycles. The van der Waals surface area contributed by atoms with E-state index < -0.39 is 0 Å². The Labute approximate surface area is 84.7 Å². The third kappa shape index (κ3) is 1.67. The highest BCUT2D eigenvalue weighted by Gasteiger charge is 2.02. The van der Waals surface area contributed by atoms with Crippen molar-refractivity contribution in [2.24, 2.45) is 0 Å². The minimum Gasteiger partial charge on any atom is -0.464 e. The molecule has 0 fully saturated rings. The molecular weight excluding hydrogens is 172 g/mol. The summed E-state index contributed by atoms with van der Waals surface area (Å²) in [6.07, 6.45) is 5.52. The van der Waals surface area contributed by atoms with Crippen LogP contribution in [0.4, 0.5) is 0 Å². The third-order valence-electron chi connectivity index (χ3n) is 2.65. The summed E-state index contributed by atoms with van der Waals surface area (Å²) in [7, 11) is 0. The number of hydrogen-bond acceptors (Lipinski definition) is 1. The molecule has 2 aromatic rings. The van der Waals surface area contributed by atoms with Crippen LogP contribution in [0.5, 0.6) is 0 Å². The normalized spacial score (nSPS) is 11.0. The average Bonchev–Trinajstić information content (AvgIpc) is 2.57. The van der Waals surface area contributed by atoms with Crippen molar-refractivity contribution in [3.8, 4) is 0 Å². The van der Waals surface area contributed by atoms with Crippen LogP contribution in [-0.4, -0.2) is 0 Å². The number of benzene rings is 1. The predicted molar refractivity (Wildman–Crippen MR) is 59.6 cm³/mol. The molecule has 0 aliphatic rings. The second-order valence-corrected chi connectivity index (χ2v) is 3.85. The van der Waals surface area contributed by atoms with Crippen LogP contribution in [0.2, 0.25) is 0 Å². The zero-order chi connectivity index (χ0) is 9.97. The van der Waals surface area contributed by atoms with Gasteiger partial charge in [0.1, 0.15) is 5.58 Å². The van der Waals surface area contributed by atoms with Crippen molar-refractivity contribution < 1.29 is 4.42 Å². The number of fused-ring (bicyclic) bond motifs is 1. The fraction of sp³-hybridized carbons (Fsp3) is 0.385. The first-order valence-electron chi connectivity index (χ1n) is 5.28. The van der Waals surface area contributed by atoms with Gasteiger partial charge in [0, 0.05) is 5.39 Å². The Morgan fingerprint density at radius 3 is 2.93 bits per heavy atom. The molecule has 0 spiro atoms. The second-order valence-electron chi connectivity index (χ2n) is 3.85. The average molecular weight is 188 g/mol. The lowest BCUT2D eigenvalue weighted by molar-refractivity contribution is 0.613. The summed E-state index contributed by atoms with van der Waals surface area (Å²) >= 11 is 0. The fourth-order valence-corrected chi connectivity index (χ4v) is 1.74. The summed E-state index contributed by atoms with van der Waals surface area (Å²) in [5.41, 5.74) is 3.66. The Bertz CT molecular complexity index is 426. The van der Waals surface area contributed by atoms with E-state index in [1.54, 1.807) is 0 Å². The molecule has 0 saturated heterocycles. The highest BCUT2D eigenvalue weighted by Crippen LogP contribution is 2.22.